The van der Waals surface area contributed by atoms with Crippen LogP contribution in [0.3, 0.4) is 0 Å². The van der Waals surface area contributed by atoms with Gasteiger partial charge in [-0.1, -0.05) is 30.3 Å². The summed E-state index contributed by atoms with van der Waals surface area (Å²) in [5, 5.41) is 8.44. The van der Waals surface area contributed by atoms with Gasteiger partial charge in [0.05, 0.1) is 11.8 Å². The molecule has 0 saturated carbocycles. The molecule has 2 aromatic carbocycles. The smallest absolute Gasteiger partial charge is 0.247 e. The quantitative estimate of drug-likeness (QED) is 0.604. The molecule has 1 aromatic heterocycles. The number of aromatic nitrogens is 2. The zero-order chi connectivity index (χ0) is 21.6. The molecule has 0 radical (unpaired) electrons. The lowest BCUT2D eigenvalue weighted by atomic mass is 9.79. The van der Waals surface area contributed by atoms with Crippen LogP contribution in [0, 0.1) is 11.2 Å². The third-order valence-corrected chi connectivity index (χ3v) is 7.89. The number of hydrogen-bond acceptors (Lipinski definition) is 6. The average molecular weight is 443 g/mol. The Morgan fingerprint density at radius 3 is 2.61 bits per heavy atom. The number of benzene rings is 2. The largest absolute Gasteiger partial charge is 0.419 e. The van der Waals surface area contributed by atoms with Crippen molar-refractivity contribution in [2.24, 2.45) is 5.41 Å². The van der Waals surface area contributed by atoms with Crippen molar-refractivity contribution >= 4 is 10.0 Å². The van der Waals surface area contributed by atoms with Crippen LogP contribution in [0.15, 0.2) is 59.0 Å². The number of sulfonamides is 1. The molecular weight excluding hydrogens is 419 g/mol. The molecule has 1 unspecified atom stereocenters. The van der Waals surface area contributed by atoms with Gasteiger partial charge in [0.2, 0.25) is 21.8 Å². The molecule has 3 aromatic rings. The topological polar surface area (TPSA) is 79.5 Å². The van der Waals surface area contributed by atoms with Crippen LogP contribution >= 0.6 is 0 Å². The fraction of sp³-hybridized carbons (Fsp3) is 0.364. The first-order chi connectivity index (χ1) is 14.8. The summed E-state index contributed by atoms with van der Waals surface area (Å²) in [6.45, 7) is 1.66. The van der Waals surface area contributed by atoms with Crippen LogP contribution in [-0.2, 0) is 15.8 Å². The van der Waals surface area contributed by atoms with Gasteiger partial charge in [0.1, 0.15) is 5.82 Å². The fourth-order valence-corrected chi connectivity index (χ4v) is 6.39. The maximum absolute atomic E-state index is 13.4. The van der Waals surface area contributed by atoms with Crippen molar-refractivity contribution in [2.75, 3.05) is 26.7 Å². The molecule has 3 heterocycles. The Kier molecular flexibility index (Phi) is 4.91. The van der Waals surface area contributed by atoms with E-state index in [1.165, 1.54) is 22.5 Å². The summed E-state index contributed by atoms with van der Waals surface area (Å²) in [6, 6.07) is 15.3. The second-order valence-electron chi connectivity index (χ2n) is 8.60. The minimum Gasteiger partial charge on any atom is -0.419 e. The molecule has 1 spiro atoms. The summed E-state index contributed by atoms with van der Waals surface area (Å²) in [5.41, 5.74) is 1.20. The van der Waals surface area contributed by atoms with Crippen molar-refractivity contribution in [3.8, 4) is 11.5 Å². The summed E-state index contributed by atoms with van der Waals surface area (Å²) >= 11 is 0. The van der Waals surface area contributed by atoms with Crippen LogP contribution in [0.25, 0.3) is 11.5 Å². The fourth-order valence-electron chi connectivity index (χ4n) is 4.67. The molecule has 9 heteroatoms. The van der Waals surface area contributed by atoms with E-state index in [0.29, 0.717) is 30.4 Å². The van der Waals surface area contributed by atoms with Crippen LogP contribution in [-0.4, -0.2) is 54.5 Å². The van der Waals surface area contributed by atoms with Crippen LogP contribution < -0.4 is 0 Å². The van der Waals surface area contributed by atoms with E-state index in [-0.39, 0.29) is 17.2 Å². The van der Waals surface area contributed by atoms with Gasteiger partial charge in [-0.3, -0.25) is 4.90 Å². The molecule has 0 aliphatic carbocycles. The van der Waals surface area contributed by atoms with Crippen LogP contribution in [0.5, 0.6) is 0 Å². The summed E-state index contributed by atoms with van der Waals surface area (Å²) in [5.74, 6) is 0.420. The molecule has 5 rings (SSSR count). The number of hydrogen-bond donors (Lipinski definition) is 0. The standard InChI is InChI=1S/C22H23FN4O3S/c1-26-13-22(11-19(26)21-25-24-20(30-21)17-7-3-2-4-8-17)14-27(15-22)31(28,29)12-16-6-5-9-18(23)10-16/h2-10,19H,11-15H2,1H3. The van der Waals surface area contributed by atoms with Crippen LogP contribution in [0.4, 0.5) is 4.39 Å². The second kappa shape index (κ2) is 7.51. The predicted molar refractivity (Wildman–Crippen MR) is 113 cm³/mol. The summed E-state index contributed by atoms with van der Waals surface area (Å²) in [6.07, 6.45) is 0.756. The number of likely N-dealkylation sites (tertiary alicyclic amines) is 1. The van der Waals surface area contributed by atoms with Gasteiger partial charge >= 0.3 is 0 Å². The summed E-state index contributed by atoms with van der Waals surface area (Å²) in [7, 11) is -1.50. The maximum atomic E-state index is 13.4. The minimum absolute atomic E-state index is 0.0435. The number of nitrogens with zero attached hydrogens (tertiary/aromatic N) is 4. The zero-order valence-electron chi connectivity index (χ0n) is 17.1. The van der Waals surface area contributed by atoms with Gasteiger partial charge in [0, 0.05) is 30.6 Å². The third kappa shape index (κ3) is 3.88. The van der Waals surface area contributed by atoms with E-state index >= 15 is 0 Å². The van der Waals surface area contributed by atoms with E-state index in [1.54, 1.807) is 6.07 Å². The molecule has 162 valence electrons. The predicted octanol–water partition coefficient (Wildman–Crippen LogP) is 3.08. The molecule has 0 amide bonds. The van der Waals surface area contributed by atoms with E-state index in [0.717, 1.165) is 18.5 Å². The molecule has 31 heavy (non-hydrogen) atoms. The third-order valence-electron chi connectivity index (χ3n) is 6.14. The van der Waals surface area contributed by atoms with Gasteiger partial charge in [-0.2, -0.15) is 0 Å². The highest BCUT2D eigenvalue weighted by Crippen LogP contribution is 2.48. The Labute approximate surface area is 180 Å². The summed E-state index contributed by atoms with van der Waals surface area (Å²) in [4.78, 5) is 2.15. The van der Waals surface area contributed by atoms with E-state index < -0.39 is 15.8 Å². The van der Waals surface area contributed by atoms with E-state index in [2.05, 4.69) is 15.1 Å². The lowest BCUT2D eigenvalue weighted by molar-refractivity contribution is 0.0807. The Balaban J connectivity index is 1.26. The summed E-state index contributed by atoms with van der Waals surface area (Å²) < 4.78 is 46.4. The lowest BCUT2D eigenvalue weighted by Crippen LogP contribution is -2.59. The highest BCUT2D eigenvalue weighted by Gasteiger charge is 2.54. The highest BCUT2D eigenvalue weighted by atomic mass is 32.2. The Bertz CT molecular complexity index is 1190. The molecule has 2 fully saturated rings. The van der Waals surface area contributed by atoms with Crippen molar-refractivity contribution in [1.29, 1.82) is 0 Å². The minimum atomic E-state index is -3.49. The van der Waals surface area contributed by atoms with Gasteiger partial charge < -0.3 is 4.42 Å². The van der Waals surface area contributed by atoms with Gasteiger partial charge in [-0.05, 0) is 43.3 Å². The maximum Gasteiger partial charge on any atom is 0.247 e. The molecule has 2 saturated heterocycles. The molecule has 7 nitrogen and oxygen atoms in total. The van der Waals surface area contributed by atoms with Crippen molar-refractivity contribution in [3.05, 3.63) is 71.9 Å². The highest BCUT2D eigenvalue weighted by molar-refractivity contribution is 7.88. The van der Waals surface area contributed by atoms with Gasteiger partial charge in [0.15, 0.2) is 0 Å². The van der Waals surface area contributed by atoms with Crippen molar-refractivity contribution in [2.45, 2.75) is 18.2 Å². The van der Waals surface area contributed by atoms with E-state index in [1.807, 2.05) is 37.4 Å². The van der Waals surface area contributed by atoms with E-state index in [9.17, 15) is 12.8 Å². The molecule has 2 aliphatic heterocycles. The monoisotopic (exact) mass is 442 g/mol. The molecule has 0 bridgehead atoms. The van der Waals surface area contributed by atoms with Gasteiger partial charge in [-0.15, -0.1) is 10.2 Å². The van der Waals surface area contributed by atoms with Crippen molar-refractivity contribution in [3.63, 3.8) is 0 Å². The first kappa shape index (κ1) is 20.3. The van der Waals surface area contributed by atoms with Gasteiger partial charge in [0.25, 0.3) is 0 Å². The average Bonchev–Trinajstić information content (AvgIpc) is 3.32. The molecule has 0 N–H and O–H groups in total. The molecule has 2 aliphatic rings. The SMILES string of the molecule is CN1CC2(CC1c1nnc(-c3ccccc3)o1)CN(S(=O)(=O)Cc1cccc(F)c1)C2. The number of rotatable bonds is 5. The Morgan fingerprint density at radius 1 is 1.10 bits per heavy atom. The van der Waals surface area contributed by atoms with Crippen molar-refractivity contribution in [1.82, 2.24) is 19.4 Å². The first-order valence-electron chi connectivity index (χ1n) is 10.1. The first-order valence-corrected chi connectivity index (χ1v) is 11.8. The molecular formula is C22H23FN4O3S. The lowest BCUT2D eigenvalue weighted by Gasteiger charge is -2.46. The zero-order valence-corrected chi connectivity index (χ0v) is 17.9. The van der Waals surface area contributed by atoms with Crippen molar-refractivity contribution < 1.29 is 17.2 Å². The Morgan fingerprint density at radius 2 is 1.87 bits per heavy atom. The normalized spacial score (nSPS) is 21.4. The second-order valence-corrected chi connectivity index (χ2v) is 10.6. The van der Waals surface area contributed by atoms with Crippen LogP contribution in [0.2, 0.25) is 0 Å². The van der Waals surface area contributed by atoms with Gasteiger partial charge in [-0.25, -0.2) is 17.1 Å². The number of halogens is 1. The Hall–Kier alpha value is -2.62. The van der Waals surface area contributed by atoms with E-state index in [4.69, 9.17) is 4.42 Å². The molecule has 1 atom stereocenters. The van der Waals surface area contributed by atoms with Crippen LogP contribution in [0.1, 0.15) is 23.9 Å².